The van der Waals surface area contributed by atoms with Gasteiger partial charge in [0.1, 0.15) is 11.5 Å². The summed E-state index contributed by atoms with van der Waals surface area (Å²) < 4.78 is 11.0. The van der Waals surface area contributed by atoms with Crippen molar-refractivity contribution in [3.63, 3.8) is 0 Å². The normalized spacial score (nSPS) is 18.7. The van der Waals surface area contributed by atoms with Crippen molar-refractivity contribution in [2.75, 3.05) is 7.11 Å². The van der Waals surface area contributed by atoms with E-state index < -0.39 is 5.92 Å². The number of ether oxygens (including phenoxy) is 1. The third-order valence-corrected chi connectivity index (χ3v) is 6.20. The summed E-state index contributed by atoms with van der Waals surface area (Å²) in [6.45, 7) is 3.77. The number of imidazole rings is 1. The van der Waals surface area contributed by atoms with Gasteiger partial charge in [-0.3, -0.25) is 9.59 Å². The number of methoxy groups -OCH3 is 1. The molecule has 1 atom stereocenters. The molecule has 1 aromatic carbocycles. The Morgan fingerprint density at radius 2 is 2.11 bits per heavy atom. The summed E-state index contributed by atoms with van der Waals surface area (Å²) in [6.07, 6.45) is 1.64. The maximum Gasteiger partial charge on any atom is 0.204 e. The summed E-state index contributed by atoms with van der Waals surface area (Å²) in [6, 6.07) is 9.22. The lowest BCUT2D eigenvalue weighted by molar-refractivity contribution is -0.125. The highest BCUT2D eigenvalue weighted by Crippen LogP contribution is 2.39. The Morgan fingerprint density at radius 3 is 2.82 bits per heavy atom. The zero-order valence-electron chi connectivity index (χ0n) is 15.5. The van der Waals surface area contributed by atoms with E-state index in [0.717, 1.165) is 28.5 Å². The molecule has 2 aromatic heterocycles. The van der Waals surface area contributed by atoms with Crippen molar-refractivity contribution in [3.05, 3.63) is 41.0 Å². The van der Waals surface area contributed by atoms with Crippen LogP contribution in [0, 0.1) is 11.8 Å². The number of Topliss-reactive ketones (excluding diaryl/α,β-unsaturated/α-hetero) is 1. The van der Waals surface area contributed by atoms with Gasteiger partial charge < -0.3 is 14.1 Å². The molecule has 1 N–H and O–H groups in total. The molecule has 1 fully saturated rings. The lowest BCUT2D eigenvalue weighted by Crippen LogP contribution is -2.20. The number of H-pyrrole nitrogens is 1. The zero-order valence-corrected chi connectivity index (χ0v) is 17.1. The topological polar surface area (TPSA) is 85.2 Å². The number of thioether (sulfide) groups is 1. The second-order valence-corrected chi connectivity index (χ2v) is 8.74. The van der Waals surface area contributed by atoms with Gasteiger partial charge in [-0.05, 0) is 59.8 Å². The van der Waals surface area contributed by atoms with Crippen LogP contribution in [0.25, 0.3) is 17.1 Å². The molecule has 0 amide bonds. The molecule has 0 saturated carbocycles. The molecule has 144 valence electrons. The molecule has 1 aliphatic rings. The molecule has 3 heterocycles. The van der Waals surface area contributed by atoms with Gasteiger partial charge in [0, 0.05) is 6.07 Å². The number of furan rings is 1. The average Bonchev–Trinajstić information content (AvgIpc) is 3.32. The SMILES string of the molecule is COc1ccc2nc(Sc3ccc(C=C4SC(=O)C(C(C)C)C4=O)o3)[nH]c2c1. The van der Waals surface area contributed by atoms with Crippen molar-refractivity contribution in [2.24, 2.45) is 11.8 Å². The number of aromatic nitrogens is 2. The highest BCUT2D eigenvalue weighted by atomic mass is 32.2. The Balaban J connectivity index is 1.52. The molecule has 0 bridgehead atoms. The molecular formula is C20H18N2O4S2. The molecule has 1 unspecified atom stereocenters. The number of nitrogens with zero attached hydrogens (tertiary/aromatic N) is 1. The van der Waals surface area contributed by atoms with Gasteiger partial charge in [-0.25, -0.2) is 4.98 Å². The number of fused-ring (bicyclic) bond motifs is 1. The molecule has 0 aliphatic carbocycles. The fraction of sp³-hybridized carbons (Fsp3) is 0.250. The lowest BCUT2D eigenvalue weighted by Gasteiger charge is -2.07. The van der Waals surface area contributed by atoms with E-state index in [2.05, 4.69) is 9.97 Å². The Hall–Kier alpha value is -2.45. The molecule has 4 rings (SSSR count). The maximum absolute atomic E-state index is 12.4. The van der Waals surface area contributed by atoms with Gasteiger partial charge in [0.2, 0.25) is 5.12 Å². The van der Waals surface area contributed by atoms with E-state index >= 15 is 0 Å². The Bertz CT molecular complexity index is 1100. The van der Waals surface area contributed by atoms with Gasteiger partial charge in [-0.15, -0.1) is 0 Å². The maximum atomic E-state index is 12.4. The molecule has 8 heteroatoms. The van der Waals surface area contributed by atoms with Crippen LogP contribution >= 0.6 is 23.5 Å². The lowest BCUT2D eigenvalue weighted by atomic mass is 9.93. The number of hydrogen-bond donors (Lipinski definition) is 1. The van der Waals surface area contributed by atoms with Crippen molar-refractivity contribution >= 4 is 51.5 Å². The Labute approximate surface area is 170 Å². The molecule has 1 saturated heterocycles. The molecule has 0 spiro atoms. The number of ketones is 1. The number of benzene rings is 1. The van der Waals surface area contributed by atoms with Gasteiger partial charge in [0.05, 0.1) is 29.0 Å². The second-order valence-electron chi connectivity index (χ2n) is 6.70. The summed E-state index contributed by atoms with van der Waals surface area (Å²) in [7, 11) is 1.62. The van der Waals surface area contributed by atoms with Crippen LogP contribution in [0.2, 0.25) is 0 Å². The summed E-state index contributed by atoms with van der Waals surface area (Å²) in [5.41, 5.74) is 1.71. The van der Waals surface area contributed by atoms with Crippen LogP contribution in [0.3, 0.4) is 0 Å². The minimum absolute atomic E-state index is 0.00664. The van der Waals surface area contributed by atoms with Crippen molar-refractivity contribution in [3.8, 4) is 5.75 Å². The predicted molar refractivity (Wildman–Crippen MR) is 109 cm³/mol. The van der Waals surface area contributed by atoms with Crippen molar-refractivity contribution in [1.82, 2.24) is 9.97 Å². The van der Waals surface area contributed by atoms with E-state index in [-0.39, 0.29) is 16.8 Å². The Morgan fingerprint density at radius 1 is 1.29 bits per heavy atom. The van der Waals surface area contributed by atoms with Crippen molar-refractivity contribution in [2.45, 2.75) is 24.1 Å². The predicted octanol–water partition coefficient (Wildman–Crippen LogP) is 4.77. The molecule has 6 nitrogen and oxygen atoms in total. The number of aromatic amines is 1. The summed E-state index contributed by atoms with van der Waals surface area (Å²) >= 11 is 2.35. The summed E-state index contributed by atoms with van der Waals surface area (Å²) in [5.74, 6) is 0.600. The van der Waals surface area contributed by atoms with Crippen LogP contribution in [0.1, 0.15) is 19.6 Å². The van der Waals surface area contributed by atoms with Crippen LogP contribution in [-0.2, 0) is 9.59 Å². The van der Waals surface area contributed by atoms with Crippen LogP contribution in [0.5, 0.6) is 5.75 Å². The number of carbonyl (C=O) groups is 2. The number of allylic oxidation sites excluding steroid dienone is 1. The molecule has 3 aromatic rings. The van der Waals surface area contributed by atoms with Gasteiger partial charge >= 0.3 is 0 Å². The summed E-state index contributed by atoms with van der Waals surface area (Å²) in [4.78, 5) is 32.7. The highest BCUT2D eigenvalue weighted by Gasteiger charge is 2.40. The standard InChI is InChI=1S/C20H18N2O4S2/c1-10(2)17-18(23)15(27-19(17)24)9-12-5-7-16(26-12)28-20-21-13-6-4-11(25-3)8-14(13)22-20/h4-10,17H,1-3H3,(H,21,22). The average molecular weight is 415 g/mol. The van der Waals surface area contributed by atoms with E-state index in [1.807, 2.05) is 38.1 Å². The number of carbonyl (C=O) groups excluding carboxylic acids is 2. The molecular weight excluding hydrogens is 396 g/mol. The van der Waals surface area contributed by atoms with Crippen LogP contribution in [0.15, 0.2) is 49.9 Å². The molecule has 28 heavy (non-hydrogen) atoms. The van der Waals surface area contributed by atoms with E-state index in [4.69, 9.17) is 9.15 Å². The van der Waals surface area contributed by atoms with Gasteiger partial charge in [0.15, 0.2) is 16.0 Å². The zero-order chi connectivity index (χ0) is 19.8. The smallest absolute Gasteiger partial charge is 0.204 e. The monoisotopic (exact) mass is 414 g/mol. The quantitative estimate of drug-likeness (QED) is 0.475. The Kier molecular flexibility index (Phi) is 5.07. The van der Waals surface area contributed by atoms with Crippen LogP contribution in [-0.4, -0.2) is 28.0 Å². The van der Waals surface area contributed by atoms with Crippen LogP contribution < -0.4 is 4.74 Å². The van der Waals surface area contributed by atoms with Crippen molar-refractivity contribution in [1.29, 1.82) is 0 Å². The third-order valence-electron chi connectivity index (χ3n) is 4.40. The molecule has 1 aliphatic heterocycles. The van der Waals surface area contributed by atoms with E-state index in [0.29, 0.717) is 20.9 Å². The van der Waals surface area contributed by atoms with Crippen LogP contribution in [0.4, 0.5) is 0 Å². The minimum atomic E-state index is -0.562. The number of rotatable bonds is 5. The highest BCUT2D eigenvalue weighted by molar-refractivity contribution is 8.18. The van der Waals surface area contributed by atoms with E-state index in [1.165, 1.54) is 11.8 Å². The summed E-state index contributed by atoms with van der Waals surface area (Å²) in [5, 5.41) is 1.24. The van der Waals surface area contributed by atoms with E-state index in [9.17, 15) is 9.59 Å². The fourth-order valence-corrected chi connectivity index (χ4v) is 4.88. The fourth-order valence-electron chi connectivity index (χ4n) is 2.99. The van der Waals surface area contributed by atoms with Gasteiger partial charge in [-0.2, -0.15) is 0 Å². The second kappa shape index (κ2) is 7.52. The molecule has 0 radical (unpaired) electrons. The number of nitrogens with one attached hydrogen (secondary N) is 1. The number of hydrogen-bond acceptors (Lipinski definition) is 7. The van der Waals surface area contributed by atoms with Crippen molar-refractivity contribution < 1.29 is 18.7 Å². The first-order valence-electron chi connectivity index (χ1n) is 8.73. The van der Waals surface area contributed by atoms with E-state index in [1.54, 1.807) is 19.3 Å². The first-order valence-corrected chi connectivity index (χ1v) is 10.4. The van der Waals surface area contributed by atoms with Gasteiger partial charge in [0.25, 0.3) is 0 Å². The largest absolute Gasteiger partial charge is 0.497 e. The third kappa shape index (κ3) is 3.62. The minimum Gasteiger partial charge on any atom is -0.497 e. The van der Waals surface area contributed by atoms with Gasteiger partial charge in [-0.1, -0.05) is 13.8 Å². The first-order chi connectivity index (χ1) is 13.4. The first kappa shape index (κ1) is 18.9.